The van der Waals surface area contributed by atoms with E-state index in [2.05, 4.69) is 4.99 Å². The molecule has 0 radical (unpaired) electrons. The second-order valence-electron chi connectivity index (χ2n) is 4.72. The maximum Gasteiger partial charge on any atom is 0.222 e. The molecule has 0 saturated carbocycles. The van der Waals surface area contributed by atoms with Crippen LogP contribution in [0.4, 0.5) is 0 Å². The van der Waals surface area contributed by atoms with Crippen LogP contribution in [0.1, 0.15) is 18.1 Å². The molecule has 1 aliphatic heterocycles. The predicted octanol–water partition coefficient (Wildman–Crippen LogP) is 3.60. The highest BCUT2D eigenvalue weighted by Crippen LogP contribution is 2.31. The maximum absolute atomic E-state index is 9.98. The summed E-state index contributed by atoms with van der Waals surface area (Å²) in [6, 6.07) is 17.0. The van der Waals surface area contributed by atoms with Gasteiger partial charge in [-0.25, -0.2) is 4.99 Å². The number of phenols is 1. The fourth-order valence-electron chi connectivity index (χ4n) is 2.16. The summed E-state index contributed by atoms with van der Waals surface area (Å²) in [6.45, 7) is 2.54. The van der Waals surface area contributed by atoms with Crippen LogP contribution in [-0.2, 0) is 4.74 Å². The minimum Gasteiger partial charge on any atom is -0.507 e. The Morgan fingerprint density at radius 3 is 2.45 bits per heavy atom. The quantitative estimate of drug-likeness (QED) is 0.901. The number of benzene rings is 2. The van der Waals surface area contributed by atoms with E-state index < -0.39 is 0 Å². The normalized spacial score (nSPS) is 14.8. The van der Waals surface area contributed by atoms with E-state index in [9.17, 15) is 5.11 Å². The molecule has 3 nitrogen and oxygen atoms in total. The number of nitrogens with zero attached hydrogens (tertiary/aromatic N) is 1. The molecule has 0 fully saturated rings. The van der Waals surface area contributed by atoms with Gasteiger partial charge in [0.2, 0.25) is 5.90 Å². The van der Waals surface area contributed by atoms with Crippen LogP contribution in [0.15, 0.2) is 65.2 Å². The molecule has 20 heavy (non-hydrogen) atoms. The lowest BCUT2D eigenvalue weighted by molar-refractivity contribution is 0.455. The summed E-state index contributed by atoms with van der Waals surface area (Å²) >= 11 is 0. The van der Waals surface area contributed by atoms with Gasteiger partial charge in [0, 0.05) is 5.56 Å². The molecule has 1 N–H and O–H groups in total. The van der Waals surface area contributed by atoms with Crippen molar-refractivity contribution in [2.24, 2.45) is 4.99 Å². The molecule has 2 aromatic carbocycles. The van der Waals surface area contributed by atoms with Crippen molar-refractivity contribution in [2.75, 3.05) is 6.54 Å². The summed E-state index contributed by atoms with van der Waals surface area (Å²) in [6.07, 6.45) is 0. The molecule has 0 saturated heterocycles. The summed E-state index contributed by atoms with van der Waals surface area (Å²) in [4.78, 5) is 4.44. The first-order valence-electron chi connectivity index (χ1n) is 6.51. The molecule has 3 rings (SSSR count). The summed E-state index contributed by atoms with van der Waals surface area (Å²) < 4.78 is 5.92. The van der Waals surface area contributed by atoms with Crippen molar-refractivity contribution in [3.05, 3.63) is 71.3 Å². The molecular weight excluding hydrogens is 250 g/mol. The molecule has 0 spiro atoms. The Kier molecular flexibility index (Phi) is 3.25. The molecular formula is C17H15NO2. The van der Waals surface area contributed by atoms with Crippen LogP contribution < -0.4 is 0 Å². The number of ether oxygens (including phenoxy) is 1. The van der Waals surface area contributed by atoms with E-state index in [1.807, 2.05) is 49.4 Å². The minimum atomic E-state index is 0.219. The maximum atomic E-state index is 9.98. The fourth-order valence-corrected chi connectivity index (χ4v) is 2.16. The second-order valence-corrected chi connectivity index (χ2v) is 4.72. The average molecular weight is 265 g/mol. The molecule has 0 bridgehead atoms. The van der Waals surface area contributed by atoms with E-state index in [1.165, 1.54) is 0 Å². The van der Waals surface area contributed by atoms with E-state index in [4.69, 9.17) is 4.74 Å². The molecule has 0 aliphatic carbocycles. The Bertz CT molecular complexity index is 687. The first-order chi connectivity index (χ1) is 9.75. The zero-order valence-electron chi connectivity index (χ0n) is 11.2. The SMILES string of the molecule is CC1=C(c2ccccc2O)OC(c2ccccc2)=NC1. The third-order valence-electron chi connectivity index (χ3n) is 3.22. The van der Waals surface area contributed by atoms with Crippen molar-refractivity contribution in [1.29, 1.82) is 0 Å². The molecule has 0 amide bonds. The van der Waals surface area contributed by atoms with E-state index >= 15 is 0 Å². The standard InChI is InChI=1S/C17H15NO2/c1-12-11-18-17(13-7-3-2-4-8-13)20-16(12)14-9-5-6-10-15(14)19/h2-10,19H,11H2,1H3. The van der Waals surface area contributed by atoms with Crippen molar-refractivity contribution in [2.45, 2.75) is 6.92 Å². The van der Waals surface area contributed by atoms with Gasteiger partial charge in [-0.15, -0.1) is 0 Å². The van der Waals surface area contributed by atoms with E-state index in [0.29, 0.717) is 23.8 Å². The molecule has 0 aromatic heterocycles. The number of hydrogen-bond donors (Lipinski definition) is 1. The zero-order chi connectivity index (χ0) is 13.9. The summed E-state index contributed by atoms with van der Waals surface area (Å²) in [5, 5.41) is 9.98. The lowest BCUT2D eigenvalue weighted by Gasteiger charge is -2.20. The summed E-state index contributed by atoms with van der Waals surface area (Å²) in [7, 11) is 0. The third kappa shape index (κ3) is 2.30. The highest BCUT2D eigenvalue weighted by molar-refractivity contribution is 5.99. The Hall–Kier alpha value is -2.55. The van der Waals surface area contributed by atoms with Gasteiger partial charge in [0.05, 0.1) is 12.1 Å². The summed E-state index contributed by atoms with van der Waals surface area (Å²) in [5.74, 6) is 1.50. The van der Waals surface area contributed by atoms with Crippen LogP contribution in [0, 0.1) is 0 Å². The fraction of sp³-hybridized carbons (Fsp3) is 0.118. The largest absolute Gasteiger partial charge is 0.507 e. The number of para-hydroxylation sites is 1. The van der Waals surface area contributed by atoms with Gasteiger partial charge in [0.25, 0.3) is 0 Å². The number of hydrogen-bond acceptors (Lipinski definition) is 3. The van der Waals surface area contributed by atoms with Gasteiger partial charge in [-0.3, -0.25) is 0 Å². The minimum absolute atomic E-state index is 0.219. The van der Waals surface area contributed by atoms with Crippen LogP contribution in [0.3, 0.4) is 0 Å². The Morgan fingerprint density at radius 2 is 1.70 bits per heavy atom. The molecule has 1 heterocycles. The number of aromatic hydroxyl groups is 1. The van der Waals surface area contributed by atoms with Gasteiger partial charge < -0.3 is 9.84 Å². The Morgan fingerprint density at radius 1 is 1.00 bits per heavy atom. The van der Waals surface area contributed by atoms with Crippen molar-refractivity contribution in [3.8, 4) is 5.75 Å². The van der Waals surface area contributed by atoms with Gasteiger partial charge in [-0.1, -0.05) is 30.3 Å². The molecule has 100 valence electrons. The second kappa shape index (κ2) is 5.21. The molecule has 0 unspecified atom stereocenters. The molecule has 2 aromatic rings. The summed E-state index contributed by atoms with van der Waals surface area (Å²) in [5.41, 5.74) is 2.65. The van der Waals surface area contributed by atoms with Gasteiger partial charge in [-0.05, 0) is 36.8 Å². The number of aliphatic imine (C=N–C) groups is 1. The van der Waals surface area contributed by atoms with E-state index in [-0.39, 0.29) is 5.75 Å². The van der Waals surface area contributed by atoms with Crippen molar-refractivity contribution < 1.29 is 9.84 Å². The zero-order valence-corrected chi connectivity index (χ0v) is 11.2. The van der Waals surface area contributed by atoms with Crippen molar-refractivity contribution in [3.63, 3.8) is 0 Å². The third-order valence-corrected chi connectivity index (χ3v) is 3.22. The topological polar surface area (TPSA) is 41.8 Å². The molecule has 0 atom stereocenters. The average Bonchev–Trinajstić information content (AvgIpc) is 2.49. The Labute approximate surface area is 117 Å². The Balaban J connectivity index is 1.96. The van der Waals surface area contributed by atoms with E-state index in [0.717, 1.165) is 11.1 Å². The monoisotopic (exact) mass is 265 g/mol. The smallest absolute Gasteiger partial charge is 0.222 e. The van der Waals surface area contributed by atoms with Crippen LogP contribution >= 0.6 is 0 Å². The predicted molar refractivity (Wildman–Crippen MR) is 79.6 cm³/mol. The first-order valence-corrected chi connectivity index (χ1v) is 6.51. The lowest BCUT2D eigenvalue weighted by Crippen LogP contribution is -2.14. The van der Waals surface area contributed by atoms with Crippen molar-refractivity contribution >= 4 is 11.7 Å². The molecule has 3 heteroatoms. The van der Waals surface area contributed by atoms with Gasteiger partial charge in [0.1, 0.15) is 11.5 Å². The molecule has 1 aliphatic rings. The first kappa shape index (κ1) is 12.5. The van der Waals surface area contributed by atoms with Crippen molar-refractivity contribution in [1.82, 2.24) is 0 Å². The number of rotatable bonds is 2. The highest BCUT2D eigenvalue weighted by atomic mass is 16.5. The van der Waals surface area contributed by atoms with Crippen LogP contribution in [-0.4, -0.2) is 17.5 Å². The van der Waals surface area contributed by atoms with Crippen LogP contribution in [0.25, 0.3) is 5.76 Å². The number of phenolic OH excluding ortho intramolecular Hbond substituents is 1. The van der Waals surface area contributed by atoms with Gasteiger partial charge >= 0.3 is 0 Å². The van der Waals surface area contributed by atoms with Crippen LogP contribution in [0.2, 0.25) is 0 Å². The van der Waals surface area contributed by atoms with Crippen LogP contribution in [0.5, 0.6) is 5.75 Å². The lowest BCUT2D eigenvalue weighted by atomic mass is 10.1. The van der Waals surface area contributed by atoms with Gasteiger partial charge in [-0.2, -0.15) is 0 Å². The van der Waals surface area contributed by atoms with E-state index in [1.54, 1.807) is 12.1 Å². The van der Waals surface area contributed by atoms with Gasteiger partial charge in [0.15, 0.2) is 0 Å². The highest BCUT2D eigenvalue weighted by Gasteiger charge is 2.19.